The zero-order chi connectivity index (χ0) is 12.6. The molecule has 3 nitrogen and oxygen atoms in total. The molecule has 2 rings (SSSR count). The van der Waals surface area contributed by atoms with Crippen molar-refractivity contribution in [2.24, 2.45) is 0 Å². The van der Waals surface area contributed by atoms with E-state index in [0.717, 1.165) is 6.04 Å². The summed E-state index contributed by atoms with van der Waals surface area (Å²) in [6.45, 7) is 7.41. The van der Waals surface area contributed by atoms with E-state index in [9.17, 15) is 0 Å². The van der Waals surface area contributed by atoms with Gasteiger partial charge in [0.2, 0.25) is 0 Å². The number of hydrogen-bond acceptors (Lipinski definition) is 3. The molecule has 0 amide bonds. The number of rotatable bonds is 4. The first-order chi connectivity index (χ1) is 8.86. The second-order valence-electron chi connectivity index (χ2n) is 6.07. The Hall–Kier alpha value is -0.120. The summed E-state index contributed by atoms with van der Waals surface area (Å²) in [6.07, 6.45) is 9.98. The highest BCUT2D eigenvalue weighted by Crippen LogP contribution is 2.20. The Bertz CT molecular complexity index is 204. The third-order valence-electron chi connectivity index (χ3n) is 4.65. The fraction of sp³-hybridized carbons (Fsp3) is 1.00. The largest absolute Gasteiger partial charge is 0.315 e. The molecule has 1 aliphatic heterocycles. The Balaban J connectivity index is 1.67. The van der Waals surface area contributed by atoms with Gasteiger partial charge >= 0.3 is 0 Å². The van der Waals surface area contributed by atoms with Crippen LogP contribution in [0.4, 0.5) is 0 Å². The molecule has 0 spiro atoms. The van der Waals surface area contributed by atoms with Crippen LogP contribution in [0.1, 0.15) is 44.9 Å². The molecular weight excluding hydrogens is 222 g/mol. The molecule has 0 radical (unpaired) electrons. The van der Waals surface area contributed by atoms with E-state index in [-0.39, 0.29) is 0 Å². The lowest BCUT2D eigenvalue weighted by Crippen LogP contribution is -2.39. The highest BCUT2D eigenvalue weighted by molar-refractivity contribution is 4.74. The van der Waals surface area contributed by atoms with E-state index in [1.165, 1.54) is 84.2 Å². The van der Waals surface area contributed by atoms with Gasteiger partial charge in [-0.2, -0.15) is 0 Å². The molecule has 1 aliphatic carbocycles. The number of nitrogens with one attached hydrogen (secondary N) is 1. The van der Waals surface area contributed by atoms with E-state index in [2.05, 4.69) is 22.2 Å². The lowest BCUT2D eigenvalue weighted by atomic mass is 10.1. The quantitative estimate of drug-likeness (QED) is 0.773. The molecule has 1 saturated heterocycles. The van der Waals surface area contributed by atoms with Crippen LogP contribution in [0, 0.1) is 0 Å². The van der Waals surface area contributed by atoms with Crippen molar-refractivity contribution in [3.63, 3.8) is 0 Å². The molecule has 0 aromatic carbocycles. The second kappa shape index (κ2) is 8.13. The van der Waals surface area contributed by atoms with Gasteiger partial charge in [-0.05, 0) is 39.4 Å². The molecule has 18 heavy (non-hydrogen) atoms. The van der Waals surface area contributed by atoms with Crippen molar-refractivity contribution in [2.75, 3.05) is 46.3 Å². The first kappa shape index (κ1) is 14.3. The molecule has 1 heterocycles. The molecule has 1 saturated carbocycles. The van der Waals surface area contributed by atoms with Gasteiger partial charge in [0.1, 0.15) is 0 Å². The van der Waals surface area contributed by atoms with Crippen LogP contribution in [0.2, 0.25) is 0 Å². The van der Waals surface area contributed by atoms with Crippen molar-refractivity contribution >= 4 is 0 Å². The molecule has 0 unspecified atom stereocenters. The summed E-state index contributed by atoms with van der Waals surface area (Å²) < 4.78 is 0. The van der Waals surface area contributed by atoms with Crippen LogP contribution in [0.5, 0.6) is 0 Å². The summed E-state index contributed by atoms with van der Waals surface area (Å²) in [5, 5.41) is 3.48. The van der Waals surface area contributed by atoms with Crippen molar-refractivity contribution < 1.29 is 0 Å². The molecule has 1 N–H and O–H groups in total. The molecule has 0 aromatic rings. The summed E-state index contributed by atoms with van der Waals surface area (Å²) in [5.74, 6) is 0. The predicted molar refractivity (Wildman–Crippen MR) is 78.0 cm³/mol. The van der Waals surface area contributed by atoms with Crippen LogP contribution in [-0.4, -0.2) is 62.2 Å². The molecule has 3 heteroatoms. The van der Waals surface area contributed by atoms with Gasteiger partial charge in [-0.3, -0.25) is 0 Å². The normalized spacial score (nSPS) is 25.0. The smallest absolute Gasteiger partial charge is 0.0110 e. The Kier molecular flexibility index (Phi) is 6.46. The minimum absolute atomic E-state index is 0.859. The third kappa shape index (κ3) is 4.87. The second-order valence-corrected chi connectivity index (χ2v) is 6.07. The van der Waals surface area contributed by atoms with Crippen molar-refractivity contribution in [3.05, 3.63) is 0 Å². The van der Waals surface area contributed by atoms with Crippen LogP contribution in [0.25, 0.3) is 0 Å². The SMILES string of the molecule is CN(CCN1CCCNCC1)C1CCCCCC1. The van der Waals surface area contributed by atoms with Gasteiger partial charge in [0.05, 0.1) is 0 Å². The number of nitrogens with zero attached hydrogens (tertiary/aromatic N) is 2. The molecule has 2 aliphatic rings. The fourth-order valence-electron chi connectivity index (χ4n) is 3.31. The molecule has 2 fully saturated rings. The Morgan fingerprint density at radius 3 is 2.56 bits per heavy atom. The summed E-state index contributed by atoms with van der Waals surface area (Å²) in [5.41, 5.74) is 0. The predicted octanol–water partition coefficient (Wildman–Crippen LogP) is 1.94. The summed E-state index contributed by atoms with van der Waals surface area (Å²) in [4.78, 5) is 5.26. The molecule has 0 bridgehead atoms. The van der Waals surface area contributed by atoms with Crippen molar-refractivity contribution in [1.82, 2.24) is 15.1 Å². The summed E-state index contributed by atoms with van der Waals surface area (Å²) in [6, 6.07) is 0.859. The van der Waals surface area contributed by atoms with E-state index < -0.39 is 0 Å². The molecular formula is C15H31N3. The topological polar surface area (TPSA) is 18.5 Å². The monoisotopic (exact) mass is 253 g/mol. The van der Waals surface area contributed by atoms with Crippen molar-refractivity contribution in [1.29, 1.82) is 0 Å². The molecule has 0 atom stereocenters. The highest BCUT2D eigenvalue weighted by atomic mass is 15.2. The van der Waals surface area contributed by atoms with Gasteiger partial charge < -0.3 is 15.1 Å². The van der Waals surface area contributed by atoms with Gasteiger partial charge in [0.25, 0.3) is 0 Å². The third-order valence-corrected chi connectivity index (χ3v) is 4.65. The van der Waals surface area contributed by atoms with E-state index >= 15 is 0 Å². The number of likely N-dealkylation sites (N-methyl/N-ethyl adjacent to an activating group) is 1. The maximum Gasteiger partial charge on any atom is 0.0110 e. The van der Waals surface area contributed by atoms with Crippen LogP contribution in [0.3, 0.4) is 0 Å². The van der Waals surface area contributed by atoms with E-state index in [4.69, 9.17) is 0 Å². The fourth-order valence-corrected chi connectivity index (χ4v) is 3.31. The minimum Gasteiger partial charge on any atom is -0.315 e. The summed E-state index contributed by atoms with van der Waals surface area (Å²) >= 11 is 0. The molecule has 106 valence electrons. The Morgan fingerprint density at radius 2 is 1.78 bits per heavy atom. The van der Waals surface area contributed by atoms with Crippen LogP contribution < -0.4 is 5.32 Å². The van der Waals surface area contributed by atoms with Gasteiger partial charge in [-0.25, -0.2) is 0 Å². The van der Waals surface area contributed by atoms with Gasteiger partial charge in [0, 0.05) is 32.2 Å². The first-order valence-corrected chi connectivity index (χ1v) is 7.99. The highest BCUT2D eigenvalue weighted by Gasteiger charge is 2.17. The van der Waals surface area contributed by atoms with Crippen LogP contribution in [-0.2, 0) is 0 Å². The van der Waals surface area contributed by atoms with Gasteiger partial charge in [-0.1, -0.05) is 25.7 Å². The standard InChI is InChI=1S/C15H31N3/c1-17(15-7-4-2-3-5-8-15)13-14-18-11-6-9-16-10-12-18/h15-16H,2-14H2,1H3. The Labute approximate surface area is 113 Å². The van der Waals surface area contributed by atoms with Gasteiger partial charge in [0.15, 0.2) is 0 Å². The number of hydrogen-bond donors (Lipinski definition) is 1. The van der Waals surface area contributed by atoms with E-state index in [1.54, 1.807) is 0 Å². The van der Waals surface area contributed by atoms with Crippen molar-refractivity contribution in [3.8, 4) is 0 Å². The Morgan fingerprint density at radius 1 is 1.00 bits per heavy atom. The molecule has 0 aromatic heterocycles. The first-order valence-electron chi connectivity index (χ1n) is 7.99. The van der Waals surface area contributed by atoms with Crippen LogP contribution >= 0.6 is 0 Å². The van der Waals surface area contributed by atoms with Crippen molar-refractivity contribution in [2.45, 2.75) is 51.0 Å². The zero-order valence-corrected chi connectivity index (χ0v) is 12.2. The zero-order valence-electron chi connectivity index (χ0n) is 12.2. The summed E-state index contributed by atoms with van der Waals surface area (Å²) in [7, 11) is 2.34. The van der Waals surface area contributed by atoms with E-state index in [0.29, 0.717) is 0 Å². The average Bonchev–Trinajstić information content (AvgIpc) is 2.80. The maximum absolute atomic E-state index is 3.48. The lowest BCUT2D eigenvalue weighted by Gasteiger charge is -2.29. The maximum atomic E-state index is 3.48. The van der Waals surface area contributed by atoms with Gasteiger partial charge in [-0.15, -0.1) is 0 Å². The lowest BCUT2D eigenvalue weighted by molar-refractivity contribution is 0.181. The minimum atomic E-state index is 0.859. The average molecular weight is 253 g/mol. The van der Waals surface area contributed by atoms with E-state index in [1.807, 2.05) is 0 Å². The van der Waals surface area contributed by atoms with Crippen LogP contribution in [0.15, 0.2) is 0 Å².